The Balaban J connectivity index is 2.37. The van der Waals surface area contributed by atoms with E-state index in [4.69, 9.17) is 5.11 Å². The highest BCUT2D eigenvalue weighted by atomic mass is 16.4. The molecule has 0 aromatic heterocycles. The van der Waals surface area contributed by atoms with Crippen LogP contribution in [0, 0.1) is 11.8 Å². The van der Waals surface area contributed by atoms with Gasteiger partial charge in [0.1, 0.15) is 0 Å². The third kappa shape index (κ3) is 8.33. The van der Waals surface area contributed by atoms with Crippen molar-refractivity contribution in [3.8, 4) is 0 Å². The summed E-state index contributed by atoms with van der Waals surface area (Å²) in [5.74, 6) is -0.221. The molecular weight excluding hydrogens is 292 g/mol. The summed E-state index contributed by atoms with van der Waals surface area (Å²) < 4.78 is 0. The molecule has 132 valence electrons. The molecule has 0 saturated heterocycles. The van der Waals surface area contributed by atoms with Gasteiger partial charge in [-0.2, -0.15) is 0 Å². The molecule has 0 aliphatic heterocycles. The number of carbonyl (C=O) groups is 1. The Morgan fingerprint density at radius 1 is 1.26 bits per heavy atom. The lowest BCUT2D eigenvalue weighted by atomic mass is 9.90. The lowest BCUT2D eigenvalue weighted by Gasteiger charge is -2.18. The fraction of sp³-hybridized carbons (Fsp3) is 0.737. The topological polar surface area (TPSA) is 77.8 Å². The number of hydrogen-bond acceptors (Lipinski definition) is 3. The summed E-state index contributed by atoms with van der Waals surface area (Å²) in [5.41, 5.74) is 0. The molecule has 4 atom stereocenters. The van der Waals surface area contributed by atoms with E-state index < -0.39 is 5.97 Å². The van der Waals surface area contributed by atoms with Gasteiger partial charge in [0.15, 0.2) is 0 Å². The van der Waals surface area contributed by atoms with Crippen LogP contribution in [0.3, 0.4) is 0 Å². The Bertz CT molecular complexity index is 389. The Kier molecular flexibility index (Phi) is 9.88. The lowest BCUT2D eigenvalue weighted by Crippen LogP contribution is -2.17. The summed E-state index contributed by atoms with van der Waals surface area (Å²) in [6, 6.07) is 0. The average molecular weight is 324 g/mol. The van der Waals surface area contributed by atoms with Crippen LogP contribution < -0.4 is 0 Å². The first-order valence-electron chi connectivity index (χ1n) is 8.95. The van der Waals surface area contributed by atoms with Gasteiger partial charge in [-0.3, -0.25) is 4.79 Å². The molecule has 3 N–H and O–H groups in total. The molecule has 0 aromatic rings. The number of carboxylic acids is 1. The lowest BCUT2D eigenvalue weighted by molar-refractivity contribution is -0.137. The second-order valence-corrected chi connectivity index (χ2v) is 6.56. The van der Waals surface area contributed by atoms with Crippen molar-refractivity contribution in [3.63, 3.8) is 0 Å². The quantitative estimate of drug-likeness (QED) is 0.400. The van der Waals surface area contributed by atoms with Gasteiger partial charge in [0.05, 0.1) is 12.2 Å². The smallest absolute Gasteiger partial charge is 0.303 e. The Morgan fingerprint density at radius 3 is 2.74 bits per heavy atom. The molecule has 0 spiro atoms. The maximum absolute atomic E-state index is 10.4. The molecule has 0 radical (unpaired) electrons. The molecule has 1 fully saturated rings. The number of aliphatic hydroxyl groups excluding tert-OH is 2. The zero-order chi connectivity index (χ0) is 17.1. The zero-order valence-corrected chi connectivity index (χ0v) is 14.2. The highest BCUT2D eigenvalue weighted by Crippen LogP contribution is 2.36. The Morgan fingerprint density at radius 2 is 2.04 bits per heavy atom. The molecule has 0 bridgehead atoms. The molecule has 4 nitrogen and oxygen atoms in total. The summed E-state index contributed by atoms with van der Waals surface area (Å²) in [7, 11) is 0. The molecular formula is C19H32O4. The van der Waals surface area contributed by atoms with E-state index in [1.54, 1.807) is 0 Å². The minimum Gasteiger partial charge on any atom is -0.481 e. The molecule has 1 aliphatic rings. The standard InChI is InChI=1S/C19H32O4/c1-2-3-8-16(20)13-11-15-12-14-18(21)17(15)9-6-4-5-7-10-19(22)23/h4,6,11,13,15-18,20-21H,2-3,5,7-10,12,14H2,1H3,(H,22,23)/b6-4+,13-11+. The molecule has 23 heavy (non-hydrogen) atoms. The van der Waals surface area contributed by atoms with Crippen LogP contribution in [0.1, 0.15) is 64.7 Å². The predicted octanol–water partition coefficient (Wildman–Crippen LogP) is 3.68. The van der Waals surface area contributed by atoms with Crippen LogP contribution in [-0.4, -0.2) is 33.5 Å². The van der Waals surface area contributed by atoms with Gasteiger partial charge in [-0.15, -0.1) is 0 Å². The van der Waals surface area contributed by atoms with Crippen molar-refractivity contribution in [3.05, 3.63) is 24.3 Å². The van der Waals surface area contributed by atoms with E-state index in [9.17, 15) is 15.0 Å². The van der Waals surface area contributed by atoms with Crippen LogP contribution in [-0.2, 0) is 4.79 Å². The van der Waals surface area contributed by atoms with Gasteiger partial charge in [-0.05, 0) is 50.4 Å². The monoisotopic (exact) mass is 324 g/mol. The van der Waals surface area contributed by atoms with E-state index in [0.29, 0.717) is 12.3 Å². The maximum Gasteiger partial charge on any atom is 0.303 e. The van der Waals surface area contributed by atoms with Crippen LogP contribution in [0.4, 0.5) is 0 Å². The van der Waals surface area contributed by atoms with E-state index in [1.165, 1.54) is 0 Å². The van der Waals surface area contributed by atoms with Crippen LogP contribution in [0.2, 0.25) is 0 Å². The van der Waals surface area contributed by atoms with E-state index in [-0.39, 0.29) is 24.5 Å². The van der Waals surface area contributed by atoms with Gasteiger partial charge in [0.2, 0.25) is 0 Å². The van der Waals surface area contributed by atoms with Crippen molar-refractivity contribution in [1.82, 2.24) is 0 Å². The van der Waals surface area contributed by atoms with Crippen molar-refractivity contribution in [2.45, 2.75) is 76.9 Å². The normalized spacial score (nSPS) is 26.3. The van der Waals surface area contributed by atoms with Gasteiger partial charge in [-0.1, -0.05) is 44.1 Å². The molecule has 0 heterocycles. The second kappa shape index (κ2) is 11.4. The van der Waals surface area contributed by atoms with Gasteiger partial charge in [0, 0.05) is 6.42 Å². The first-order valence-corrected chi connectivity index (χ1v) is 8.95. The Hall–Kier alpha value is -1.13. The van der Waals surface area contributed by atoms with Crippen LogP contribution >= 0.6 is 0 Å². The number of allylic oxidation sites excluding steroid dienone is 3. The Labute approximate surface area is 139 Å². The van der Waals surface area contributed by atoms with Crippen molar-refractivity contribution < 1.29 is 20.1 Å². The predicted molar refractivity (Wildman–Crippen MR) is 92.1 cm³/mol. The summed E-state index contributed by atoms with van der Waals surface area (Å²) in [6.07, 6.45) is 14.6. The van der Waals surface area contributed by atoms with Crippen molar-refractivity contribution >= 4 is 5.97 Å². The van der Waals surface area contributed by atoms with E-state index >= 15 is 0 Å². The fourth-order valence-corrected chi connectivity index (χ4v) is 3.17. The number of rotatable bonds is 11. The molecule has 4 heteroatoms. The second-order valence-electron chi connectivity index (χ2n) is 6.56. The average Bonchev–Trinajstić information content (AvgIpc) is 2.86. The van der Waals surface area contributed by atoms with Crippen molar-refractivity contribution in [2.24, 2.45) is 11.8 Å². The summed E-state index contributed by atoms with van der Waals surface area (Å²) in [4.78, 5) is 10.4. The van der Waals surface area contributed by atoms with E-state index in [1.807, 2.05) is 12.2 Å². The highest BCUT2D eigenvalue weighted by molar-refractivity contribution is 5.66. The number of unbranched alkanes of at least 4 members (excludes halogenated alkanes) is 2. The first-order chi connectivity index (χ1) is 11.0. The summed E-state index contributed by atoms with van der Waals surface area (Å²) in [5, 5.41) is 28.6. The van der Waals surface area contributed by atoms with Gasteiger partial charge in [-0.25, -0.2) is 0 Å². The minimum atomic E-state index is -0.753. The third-order valence-electron chi connectivity index (χ3n) is 4.61. The molecule has 1 saturated carbocycles. The number of aliphatic hydroxyl groups is 2. The molecule has 0 amide bonds. The van der Waals surface area contributed by atoms with Crippen molar-refractivity contribution in [1.29, 1.82) is 0 Å². The van der Waals surface area contributed by atoms with E-state index in [2.05, 4.69) is 19.1 Å². The van der Waals surface area contributed by atoms with Gasteiger partial charge < -0.3 is 15.3 Å². The van der Waals surface area contributed by atoms with Gasteiger partial charge >= 0.3 is 5.97 Å². The number of hydrogen-bond donors (Lipinski definition) is 3. The van der Waals surface area contributed by atoms with E-state index in [0.717, 1.165) is 44.9 Å². The molecule has 1 aliphatic carbocycles. The SMILES string of the molecule is CCCCC(O)/C=C/C1CCC(O)C1C/C=C/CCCC(=O)O. The maximum atomic E-state index is 10.4. The molecule has 4 unspecified atom stereocenters. The first kappa shape index (κ1) is 19.9. The fourth-order valence-electron chi connectivity index (χ4n) is 3.17. The summed E-state index contributed by atoms with van der Waals surface area (Å²) >= 11 is 0. The third-order valence-corrected chi connectivity index (χ3v) is 4.61. The minimum absolute atomic E-state index is 0.206. The van der Waals surface area contributed by atoms with Crippen LogP contribution in [0.15, 0.2) is 24.3 Å². The van der Waals surface area contributed by atoms with Gasteiger partial charge in [0.25, 0.3) is 0 Å². The zero-order valence-electron chi connectivity index (χ0n) is 14.2. The summed E-state index contributed by atoms with van der Waals surface area (Å²) in [6.45, 7) is 2.11. The number of aliphatic carboxylic acids is 1. The number of carboxylic acid groups (broad SMARTS) is 1. The largest absolute Gasteiger partial charge is 0.481 e. The molecule has 0 aromatic carbocycles. The van der Waals surface area contributed by atoms with Crippen LogP contribution in [0.5, 0.6) is 0 Å². The highest BCUT2D eigenvalue weighted by Gasteiger charge is 2.32. The van der Waals surface area contributed by atoms with Crippen molar-refractivity contribution in [2.75, 3.05) is 0 Å². The van der Waals surface area contributed by atoms with Crippen LogP contribution in [0.25, 0.3) is 0 Å². The molecule has 1 rings (SSSR count).